The van der Waals surface area contributed by atoms with Crippen LogP contribution in [0.3, 0.4) is 0 Å². The molecular weight excluding hydrogens is 196 g/mol. The predicted octanol–water partition coefficient (Wildman–Crippen LogP) is 0.981. The molecular formula is C10H20N2OS. The normalized spacial score (nSPS) is 24.7. The number of amides is 1. The molecule has 3 nitrogen and oxygen atoms in total. The van der Waals surface area contributed by atoms with E-state index in [1.165, 1.54) is 12.2 Å². The second-order valence-corrected chi connectivity index (χ2v) is 5.34. The van der Waals surface area contributed by atoms with Gasteiger partial charge in [-0.3, -0.25) is 4.79 Å². The van der Waals surface area contributed by atoms with Crippen molar-refractivity contribution in [3.05, 3.63) is 0 Å². The van der Waals surface area contributed by atoms with Crippen molar-refractivity contribution in [3.63, 3.8) is 0 Å². The van der Waals surface area contributed by atoms with Gasteiger partial charge in [0, 0.05) is 11.8 Å². The monoisotopic (exact) mass is 216 g/mol. The Balaban J connectivity index is 2.31. The number of carbonyl (C=O) groups is 1. The minimum Gasteiger partial charge on any atom is -0.351 e. The zero-order valence-corrected chi connectivity index (χ0v) is 9.77. The number of rotatable bonds is 3. The fourth-order valence-corrected chi connectivity index (χ4v) is 2.53. The molecule has 0 aliphatic carbocycles. The Morgan fingerprint density at radius 1 is 1.57 bits per heavy atom. The molecule has 0 aromatic carbocycles. The van der Waals surface area contributed by atoms with Crippen molar-refractivity contribution >= 4 is 17.7 Å². The number of carbonyl (C=O) groups excluding carboxylic acids is 1. The number of nitrogens with one attached hydrogen (secondary N) is 1. The first-order valence-electron chi connectivity index (χ1n) is 5.25. The van der Waals surface area contributed by atoms with E-state index < -0.39 is 0 Å². The molecule has 0 radical (unpaired) electrons. The average Bonchev–Trinajstić information content (AvgIpc) is 2.18. The summed E-state index contributed by atoms with van der Waals surface area (Å²) >= 11 is 1.91. The summed E-state index contributed by atoms with van der Waals surface area (Å²) in [6, 6.07) is -0.0204. The summed E-state index contributed by atoms with van der Waals surface area (Å²) in [6.07, 6.45) is 2.30. The Morgan fingerprint density at radius 3 is 2.79 bits per heavy atom. The first kappa shape index (κ1) is 11.9. The van der Waals surface area contributed by atoms with Crippen LogP contribution in [0, 0.1) is 5.92 Å². The molecule has 1 fully saturated rings. The van der Waals surface area contributed by atoms with E-state index in [9.17, 15) is 4.79 Å². The molecule has 0 spiro atoms. The summed E-state index contributed by atoms with van der Waals surface area (Å²) in [5.41, 5.74) is 5.76. The van der Waals surface area contributed by atoms with Crippen LogP contribution in [-0.4, -0.2) is 29.5 Å². The van der Waals surface area contributed by atoms with Crippen molar-refractivity contribution in [2.75, 3.05) is 11.5 Å². The zero-order valence-electron chi connectivity index (χ0n) is 8.95. The van der Waals surface area contributed by atoms with Crippen LogP contribution >= 0.6 is 11.8 Å². The van der Waals surface area contributed by atoms with Gasteiger partial charge in [0.2, 0.25) is 5.91 Å². The van der Waals surface area contributed by atoms with Gasteiger partial charge in [0.1, 0.15) is 0 Å². The van der Waals surface area contributed by atoms with Crippen LogP contribution < -0.4 is 11.1 Å². The highest BCUT2D eigenvalue weighted by Crippen LogP contribution is 2.17. The van der Waals surface area contributed by atoms with Gasteiger partial charge in [0.05, 0.1) is 6.04 Å². The fourth-order valence-electron chi connectivity index (χ4n) is 1.45. The molecule has 1 heterocycles. The number of hydrogen-bond acceptors (Lipinski definition) is 3. The lowest BCUT2D eigenvalue weighted by Gasteiger charge is -2.25. The van der Waals surface area contributed by atoms with E-state index in [2.05, 4.69) is 5.32 Å². The third-order valence-corrected chi connectivity index (χ3v) is 3.74. The van der Waals surface area contributed by atoms with Gasteiger partial charge in [-0.2, -0.15) is 11.8 Å². The molecule has 1 aliphatic rings. The van der Waals surface area contributed by atoms with Gasteiger partial charge in [-0.1, -0.05) is 13.8 Å². The molecule has 3 N–H and O–H groups in total. The number of nitrogens with two attached hydrogens (primary N) is 1. The topological polar surface area (TPSA) is 55.1 Å². The fraction of sp³-hybridized carbons (Fsp3) is 0.900. The molecule has 1 saturated heterocycles. The van der Waals surface area contributed by atoms with E-state index in [4.69, 9.17) is 5.73 Å². The maximum absolute atomic E-state index is 11.6. The summed E-state index contributed by atoms with van der Waals surface area (Å²) in [4.78, 5) is 11.6. The first-order valence-corrected chi connectivity index (χ1v) is 6.40. The molecule has 14 heavy (non-hydrogen) atoms. The minimum atomic E-state index is -0.359. The van der Waals surface area contributed by atoms with Crippen LogP contribution in [0.2, 0.25) is 0 Å². The molecule has 1 rings (SSSR count). The van der Waals surface area contributed by atoms with Crippen LogP contribution in [0.15, 0.2) is 0 Å². The van der Waals surface area contributed by atoms with Crippen molar-refractivity contribution in [2.45, 2.75) is 38.8 Å². The quantitative estimate of drug-likeness (QED) is 0.739. The highest BCUT2D eigenvalue weighted by atomic mass is 32.2. The predicted molar refractivity (Wildman–Crippen MR) is 61.3 cm³/mol. The van der Waals surface area contributed by atoms with E-state index in [0.29, 0.717) is 6.04 Å². The Hall–Kier alpha value is -0.220. The Morgan fingerprint density at radius 2 is 2.29 bits per heavy atom. The summed E-state index contributed by atoms with van der Waals surface area (Å²) in [6.45, 7) is 3.94. The molecule has 1 amide bonds. The molecule has 1 unspecified atom stereocenters. The summed E-state index contributed by atoms with van der Waals surface area (Å²) in [7, 11) is 0. The van der Waals surface area contributed by atoms with E-state index in [1.54, 1.807) is 0 Å². The largest absolute Gasteiger partial charge is 0.351 e. The summed E-state index contributed by atoms with van der Waals surface area (Å²) in [5, 5.41) is 3.02. The van der Waals surface area contributed by atoms with E-state index in [1.807, 2.05) is 25.6 Å². The average molecular weight is 216 g/mol. The third kappa shape index (κ3) is 3.50. The van der Waals surface area contributed by atoms with Crippen LogP contribution in [0.5, 0.6) is 0 Å². The van der Waals surface area contributed by atoms with Crippen LogP contribution in [0.1, 0.15) is 26.7 Å². The second-order valence-electron chi connectivity index (χ2n) is 4.19. The van der Waals surface area contributed by atoms with Gasteiger partial charge < -0.3 is 11.1 Å². The lowest BCUT2D eigenvalue weighted by Crippen LogP contribution is -2.49. The molecule has 0 saturated carbocycles. The van der Waals surface area contributed by atoms with E-state index in [-0.39, 0.29) is 17.9 Å². The Kier molecular flexibility index (Phi) is 4.75. The molecule has 0 bridgehead atoms. The highest BCUT2D eigenvalue weighted by molar-refractivity contribution is 7.99. The van der Waals surface area contributed by atoms with Crippen molar-refractivity contribution in [1.82, 2.24) is 5.32 Å². The summed E-state index contributed by atoms with van der Waals surface area (Å²) < 4.78 is 0. The summed E-state index contributed by atoms with van der Waals surface area (Å²) in [5.74, 6) is 2.48. The molecule has 1 aliphatic heterocycles. The van der Waals surface area contributed by atoms with Crippen molar-refractivity contribution in [1.29, 1.82) is 0 Å². The lowest BCUT2D eigenvalue weighted by molar-refractivity contribution is -0.123. The number of hydrogen-bond donors (Lipinski definition) is 2. The molecule has 0 aromatic heterocycles. The van der Waals surface area contributed by atoms with Crippen molar-refractivity contribution < 1.29 is 4.79 Å². The Labute approximate surface area is 90.2 Å². The van der Waals surface area contributed by atoms with Crippen LogP contribution in [-0.2, 0) is 4.79 Å². The van der Waals surface area contributed by atoms with Gasteiger partial charge in [0.15, 0.2) is 0 Å². The van der Waals surface area contributed by atoms with Gasteiger partial charge in [0.25, 0.3) is 0 Å². The molecule has 82 valence electrons. The molecule has 0 aromatic rings. The van der Waals surface area contributed by atoms with Crippen LogP contribution in [0.25, 0.3) is 0 Å². The van der Waals surface area contributed by atoms with Crippen LogP contribution in [0.4, 0.5) is 0 Å². The smallest absolute Gasteiger partial charge is 0.237 e. The van der Waals surface area contributed by atoms with Gasteiger partial charge in [-0.25, -0.2) is 0 Å². The van der Waals surface area contributed by atoms with E-state index in [0.717, 1.165) is 12.2 Å². The van der Waals surface area contributed by atoms with Crippen molar-refractivity contribution in [3.8, 4) is 0 Å². The lowest BCUT2D eigenvalue weighted by atomic mass is 10.0. The zero-order chi connectivity index (χ0) is 10.6. The number of thioether (sulfide) groups is 1. The maximum atomic E-state index is 11.6. The SMILES string of the molecule is CC(C)[C@H](N)C(=O)NC1CCCSC1. The maximum Gasteiger partial charge on any atom is 0.237 e. The van der Waals surface area contributed by atoms with Gasteiger partial charge in [-0.05, 0) is 24.5 Å². The second kappa shape index (κ2) is 5.61. The highest BCUT2D eigenvalue weighted by Gasteiger charge is 2.21. The Bertz CT molecular complexity index is 191. The van der Waals surface area contributed by atoms with Gasteiger partial charge >= 0.3 is 0 Å². The third-order valence-electron chi connectivity index (χ3n) is 2.53. The first-order chi connectivity index (χ1) is 6.61. The van der Waals surface area contributed by atoms with Gasteiger partial charge in [-0.15, -0.1) is 0 Å². The minimum absolute atomic E-state index is 0.00694. The molecule has 4 heteroatoms. The molecule has 2 atom stereocenters. The standard InChI is InChI=1S/C10H20N2OS/c1-7(2)9(11)10(13)12-8-4-3-5-14-6-8/h7-9H,3-6,11H2,1-2H3,(H,12,13)/t8?,9-/m0/s1. The van der Waals surface area contributed by atoms with Crippen molar-refractivity contribution in [2.24, 2.45) is 11.7 Å². The van der Waals surface area contributed by atoms with E-state index >= 15 is 0 Å².